The highest BCUT2D eigenvalue weighted by Gasteiger charge is 2.45. The van der Waals surface area contributed by atoms with Gasteiger partial charge in [0.2, 0.25) is 0 Å². The zero-order chi connectivity index (χ0) is 21.8. The number of rotatable bonds is 6. The second-order valence-corrected chi connectivity index (χ2v) is 7.37. The fraction of sp³-hybridized carbons (Fsp3) is 0.154. The monoisotopic (exact) mass is 413 g/mol. The quantitative estimate of drug-likeness (QED) is 0.370. The molecule has 0 aromatic heterocycles. The van der Waals surface area contributed by atoms with E-state index in [4.69, 9.17) is 4.74 Å². The van der Waals surface area contributed by atoms with E-state index >= 15 is 0 Å². The van der Waals surface area contributed by atoms with Gasteiger partial charge in [-0.1, -0.05) is 72.8 Å². The summed E-state index contributed by atoms with van der Waals surface area (Å²) in [4.78, 5) is 27.6. The van der Waals surface area contributed by atoms with Gasteiger partial charge in [-0.25, -0.2) is 0 Å². The Labute approximate surface area is 181 Å². The summed E-state index contributed by atoms with van der Waals surface area (Å²) in [5.74, 6) is -0.844. The number of carbonyl (C=O) groups excluding carboxylic acids is 2. The van der Waals surface area contributed by atoms with E-state index in [1.54, 1.807) is 48.4 Å². The molecule has 1 saturated heterocycles. The van der Waals surface area contributed by atoms with Gasteiger partial charge in [-0.3, -0.25) is 9.59 Å². The topological polar surface area (TPSA) is 66.8 Å². The summed E-state index contributed by atoms with van der Waals surface area (Å²) >= 11 is 0. The lowest BCUT2D eigenvalue weighted by Crippen LogP contribution is -2.31. The number of methoxy groups -OCH3 is 1. The maximum absolute atomic E-state index is 13.0. The highest BCUT2D eigenvalue weighted by atomic mass is 16.5. The number of ketones is 1. The highest BCUT2D eigenvalue weighted by molar-refractivity contribution is 6.46. The van der Waals surface area contributed by atoms with Crippen LogP contribution in [-0.4, -0.2) is 35.4 Å². The fourth-order valence-corrected chi connectivity index (χ4v) is 3.91. The summed E-state index contributed by atoms with van der Waals surface area (Å²) < 4.78 is 5.35. The lowest BCUT2D eigenvalue weighted by atomic mass is 9.95. The summed E-state index contributed by atoms with van der Waals surface area (Å²) in [5.41, 5.74) is 2.37. The van der Waals surface area contributed by atoms with E-state index < -0.39 is 17.7 Å². The third-order valence-corrected chi connectivity index (χ3v) is 5.48. The average Bonchev–Trinajstić information content (AvgIpc) is 3.08. The second-order valence-electron chi connectivity index (χ2n) is 7.37. The molecule has 0 radical (unpaired) electrons. The molecule has 5 heteroatoms. The molecule has 4 rings (SSSR count). The van der Waals surface area contributed by atoms with Crippen LogP contribution in [0.4, 0.5) is 0 Å². The molecule has 3 aromatic rings. The molecule has 1 N–H and O–H groups in total. The van der Waals surface area contributed by atoms with Crippen molar-refractivity contribution in [2.75, 3.05) is 13.7 Å². The van der Waals surface area contributed by atoms with Crippen molar-refractivity contribution in [3.8, 4) is 5.75 Å². The molecular weight excluding hydrogens is 390 g/mol. The lowest BCUT2D eigenvalue weighted by Gasteiger charge is -2.25. The molecule has 3 aromatic carbocycles. The number of nitrogens with zero attached hydrogens (tertiary/aromatic N) is 1. The van der Waals surface area contributed by atoms with E-state index in [0.717, 1.165) is 5.56 Å². The van der Waals surface area contributed by atoms with Gasteiger partial charge in [0, 0.05) is 12.1 Å². The molecule has 0 aliphatic carbocycles. The van der Waals surface area contributed by atoms with Gasteiger partial charge < -0.3 is 14.7 Å². The molecule has 1 aliphatic heterocycles. The molecule has 156 valence electrons. The molecule has 0 spiro atoms. The van der Waals surface area contributed by atoms with E-state index in [1.165, 1.54) is 0 Å². The van der Waals surface area contributed by atoms with Gasteiger partial charge in [-0.05, 0) is 29.7 Å². The van der Waals surface area contributed by atoms with Gasteiger partial charge in [0.25, 0.3) is 11.7 Å². The third-order valence-electron chi connectivity index (χ3n) is 5.48. The van der Waals surface area contributed by atoms with Crippen LogP contribution in [-0.2, 0) is 16.0 Å². The smallest absolute Gasteiger partial charge is 0.295 e. The van der Waals surface area contributed by atoms with Crippen molar-refractivity contribution in [1.82, 2.24) is 4.90 Å². The number of Topliss-reactive ketones (excluding diaryl/α,β-unsaturated/α-hetero) is 1. The first-order chi connectivity index (χ1) is 15.1. The standard InChI is InChI=1S/C26H23NO4/c1-31-21-14-8-13-20(17-21)23-22(24(28)19-11-6-3-7-12-19)25(29)26(30)27(23)16-15-18-9-4-2-5-10-18/h2-14,17,23,28H,15-16H2,1H3/t23-/m0/s1. The maximum Gasteiger partial charge on any atom is 0.295 e. The van der Waals surface area contributed by atoms with E-state index in [9.17, 15) is 14.7 Å². The van der Waals surface area contributed by atoms with Crippen LogP contribution >= 0.6 is 0 Å². The summed E-state index contributed by atoms with van der Waals surface area (Å²) in [5, 5.41) is 11.0. The molecular formula is C26H23NO4. The van der Waals surface area contributed by atoms with Gasteiger partial charge >= 0.3 is 0 Å². The minimum absolute atomic E-state index is 0.0949. The maximum atomic E-state index is 13.0. The number of benzene rings is 3. The first-order valence-corrected chi connectivity index (χ1v) is 10.1. The molecule has 1 amide bonds. The summed E-state index contributed by atoms with van der Waals surface area (Å²) in [6.45, 7) is 0.349. The fourth-order valence-electron chi connectivity index (χ4n) is 3.91. The van der Waals surface area contributed by atoms with Crippen LogP contribution in [0.1, 0.15) is 22.7 Å². The SMILES string of the molecule is COc1cccc([C@H]2C(=C(O)c3ccccc3)C(=O)C(=O)N2CCc2ccccc2)c1. The minimum Gasteiger partial charge on any atom is -0.507 e. The number of likely N-dealkylation sites (tertiary alicyclic amines) is 1. The van der Waals surface area contributed by atoms with E-state index in [2.05, 4.69) is 0 Å². The van der Waals surface area contributed by atoms with Crippen LogP contribution in [0, 0.1) is 0 Å². The third kappa shape index (κ3) is 4.08. The van der Waals surface area contributed by atoms with Crippen LogP contribution in [0.3, 0.4) is 0 Å². The normalized spacial score (nSPS) is 17.7. The van der Waals surface area contributed by atoms with Crippen molar-refractivity contribution in [3.63, 3.8) is 0 Å². The van der Waals surface area contributed by atoms with Gasteiger partial charge in [0.1, 0.15) is 11.5 Å². The molecule has 1 atom stereocenters. The van der Waals surface area contributed by atoms with Crippen LogP contribution in [0.15, 0.2) is 90.5 Å². The van der Waals surface area contributed by atoms with E-state index in [1.807, 2.05) is 48.5 Å². The number of ether oxygens (including phenoxy) is 1. The van der Waals surface area contributed by atoms with Crippen molar-refractivity contribution in [2.45, 2.75) is 12.5 Å². The molecule has 0 unspecified atom stereocenters. The number of carbonyl (C=O) groups is 2. The van der Waals surface area contributed by atoms with Crippen molar-refractivity contribution < 1.29 is 19.4 Å². The largest absolute Gasteiger partial charge is 0.507 e. The second kappa shape index (κ2) is 8.88. The first kappa shape index (κ1) is 20.4. The van der Waals surface area contributed by atoms with Crippen molar-refractivity contribution in [2.24, 2.45) is 0 Å². The van der Waals surface area contributed by atoms with Gasteiger partial charge in [-0.15, -0.1) is 0 Å². The molecule has 1 aliphatic rings. The van der Waals surface area contributed by atoms with E-state index in [0.29, 0.717) is 29.8 Å². The van der Waals surface area contributed by atoms with E-state index in [-0.39, 0.29) is 11.3 Å². The predicted molar refractivity (Wildman–Crippen MR) is 119 cm³/mol. The Kier molecular flexibility index (Phi) is 5.85. The van der Waals surface area contributed by atoms with Crippen molar-refractivity contribution >= 4 is 17.4 Å². The zero-order valence-corrected chi connectivity index (χ0v) is 17.2. The summed E-state index contributed by atoms with van der Waals surface area (Å²) in [7, 11) is 1.56. The summed E-state index contributed by atoms with van der Waals surface area (Å²) in [6, 6.07) is 25.2. The lowest BCUT2D eigenvalue weighted by molar-refractivity contribution is -0.139. The Morgan fingerprint density at radius 3 is 2.29 bits per heavy atom. The van der Waals surface area contributed by atoms with Gasteiger partial charge in [0.05, 0.1) is 18.7 Å². The molecule has 0 bridgehead atoms. The van der Waals surface area contributed by atoms with Gasteiger partial charge in [0.15, 0.2) is 0 Å². The number of hydrogen-bond acceptors (Lipinski definition) is 4. The molecule has 31 heavy (non-hydrogen) atoms. The Balaban J connectivity index is 1.79. The molecule has 1 heterocycles. The van der Waals surface area contributed by atoms with Crippen LogP contribution < -0.4 is 4.74 Å². The number of aliphatic hydroxyl groups is 1. The van der Waals surface area contributed by atoms with Crippen molar-refractivity contribution in [3.05, 3.63) is 107 Å². The Bertz CT molecular complexity index is 1120. The predicted octanol–water partition coefficient (Wildman–Crippen LogP) is 4.36. The average molecular weight is 413 g/mol. The highest BCUT2D eigenvalue weighted by Crippen LogP contribution is 2.40. The van der Waals surface area contributed by atoms with Gasteiger partial charge in [-0.2, -0.15) is 0 Å². The Hall–Kier alpha value is -3.86. The van der Waals surface area contributed by atoms with Crippen LogP contribution in [0.5, 0.6) is 5.75 Å². The minimum atomic E-state index is -0.695. The zero-order valence-electron chi connectivity index (χ0n) is 17.2. The summed E-state index contributed by atoms with van der Waals surface area (Å²) in [6.07, 6.45) is 0.597. The number of amides is 1. The number of aliphatic hydroxyl groups excluding tert-OH is 1. The molecule has 5 nitrogen and oxygen atoms in total. The molecule has 0 saturated carbocycles. The first-order valence-electron chi connectivity index (χ1n) is 10.1. The number of hydrogen-bond donors (Lipinski definition) is 1. The van der Waals surface area contributed by atoms with Crippen molar-refractivity contribution in [1.29, 1.82) is 0 Å². The molecule has 1 fully saturated rings. The Morgan fingerprint density at radius 1 is 0.935 bits per heavy atom. The van der Waals surface area contributed by atoms with Crippen LogP contribution in [0.2, 0.25) is 0 Å². The van der Waals surface area contributed by atoms with Crippen LogP contribution in [0.25, 0.3) is 5.76 Å². The Morgan fingerprint density at radius 2 is 1.61 bits per heavy atom.